The fourth-order valence-corrected chi connectivity index (χ4v) is 15.9. The zero-order valence-electron chi connectivity index (χ0n) is 68.5. The van der Waals surface area contributed by atoms with Crippen LogP contribution in [0, 0.1) is 46.5 Å². The number of carbonyl (C=O) groups is 1. The number of likely N-dealkylation sites (tertiary alicyclic amines) is 2. The van der Waals surface area contributed by atoms with Gasteiger partial charge in [0.25, 0.3) is 5.91 Å². The normalized spacial score (nSPS) is 18.2. The number of hydrogen-bond donors (Lipinski definition) is 2. The second-order valence-electron chi connectivity index (χ2n) is 31.7. The minimum absolute atomic E-state index is 0. The molecule has 3 N–H and O–H groups in total. The first kappa shape index (κ1) is 95.4. The molecule has 0 bridgehead atoms. The van der Waals surface area contributed by atoms with Gasteiger partial charge in [-0.2, -0.15) is 9.98 Å². The maximum atomic E-state index is 14.8. The van der Waals surface area contributed by atoms with E-state index in [1.54, 1.807) is 93.6 Å². The fourth-order valence-electron chi connectivity index (χ4n) is 14.2. The van der Waals surface area contributed by atoms with Crippen LogP contribution < -0.4 is 46.1 Å². The third-order valence-electron chi connectivity index (χ3n) is 20.2. The van der Waals surface area contributed by atoms with Gasteiger partial charge >= 0.3 is 35.2 Å². The van der Waals surface area contributed by atoms with Crippen molar-refractivity contribution in [3.05, 3.63) is 218 Å². The number of nitrogen functional groups attached to an aromatic ring is 1. The number of piperidine rings is 2. The number of benzene rings is 3. The number of carbonyl (C=O) groups excluding carboxylic acids is 1. The molecule has 7 atom stereocenters. The molecule has 117 heavy (non-hydrogen) atoms. The van der Waals surface area contributed by atoms with Crippen molar-refractivity contribution in [3.63, 3.8) is 0 Å². The Morgan fingerprint density at radius 1 is 0.556 bits per heavy atom. The Morgan fingerprint density at radius 3 is 1.49 bits per heavy atom. The van der Waals surface area contributed by atoms with Gasteiger partial charge in [-0.05, 0) is 148 Å². The van der Waals surface area contributed by atoms with Crippen LogP contribution in [0.1, 0.15) is 212 Å². The average molecular weight is 1770 g/mol. The second-order valence-corrected chi connectivity index (χ2v) is 34.8. The van der Waals surface area contributed by atoms with Gasteiger partial charge in [0, 0.05) is 58.7 Å². The molecule has 10 aromatic rings. The monoisotopic (exact) mass is 1760 g/mol. The van der Waals surface area contributed by atoms with Crippen LogP contribution in [0.5, 0.6) is 0 Å². The summed E-state index contributed by atoms with van der Waals surface area (Å²) < 4.78 is 44.7. The van der Waals surface area contributed by atoms with Gasteiger partial charge in [0.2, 0.25) is 0 Å². The summed E-state index contributed by atoms with van der Waals surface area (Å²) in [5.41, 5.74) is 11.2. The Kier molecular flexibility index (Phi) is 34.6. The third-order valence-corrected chi connectivity index (χ3v) is 22.6. The number of nitrogens with one attached hydrogen (secondary N) is 1. The number of pyridine rings is 3. The van der Waals surface area contributed by atoms with E-state index < -0.39 is 34.6 Å². The van der Waals surface area contributed by atoms with Crippen molar-refractivity contribution >= 4 is 127 Å². The summed E-state index contributed by atoms with van der Waals surface area (Å²) in [4.78, 5) is 78.7. The minimum atomic E-state index is -0.750. The van der Waals surface area contributed by atoms with Crippen molar-refractivity contribution in [2.45, 2.75) is 197 Å². The van der Waals surface area contributed by atoms with Crippen molar-refractivity contribution in [1.82, 2.24) is 64.2 Å². The van der Waals surface area contributed by atoms with Gasteiger partial charge in [-0.15, -0.1) is 5.60 Å². The predicted molar refractivity (Wildman–Crippen MR) is 462 cm³/mol. The topological polar surface area (TPSA) is 260 Å². The molecule has 3 aliphatic rings. The van der Waals surface area contributed by atoms with Crippen LogP contribution in [0.3, 0.4) is 0 Å². The van der Waals surface area contributed by atoms with Crippen molar-refractivity contribution in [3.8, 4) is 39.5 Å². The standard InChI is InChI=1S/C28H29Cl3FN5O.C28H28Cl2FN5O.C19H20Cl2FN3.C7H10ClN3.C4H9O.Na/c1-15(2)24-19(26(30)34-14-33-24)12-23(38)35-28(37-13-16(3)9-10-17(37)4)20-11-21(29)25(36-27(20)31)18-7-5-6-8-22(18)32;1-14(2)22-25(26(30)33-13-32-22)36-27-19(12-20(29)24(34-27)17-7-5-6-8-21(17)31)23(35-28(36)37)18-11-15(3)9-10-16(18)4;1-11-7-8-12(2)25(10-11)19(23)14-9-15(20)17(24-18(14)21)13-5-3-4-6-16(13)22;1-4(2)6-5(9)7(8)11-3-10-6;1-4(2,3)5;/h5-8,11,14-17H,9-10,12-13H2,1-4H3;5-8,12-16,18H,9-11H2,1-4H3;3-6,9,11-12,23H,7-8,10H2,1-2H3;3-4H,9H2,1-2H3;1-3H3;/q;;;;-1;+1/t16-,17-;15-,16-,18?;11-,12-;;;/m000.../s1. The van der Waals surface area contributed by atoms with Gasteiger partial charge in [-0.1, -0.05) is 226 Å². The molecule has 19 nitrogen and oxygen atoms in total. The van der Waals surface area contributed by atoms with Crippen LogP contribution >= 0.6 is 92.8 Å². The molecular formula is C86H96Cl8F3N16NaO3. The molecular weight excluding hydrogens is 1670 g/mol. The Hall–Kier alpha value is -7.03. The number of halogens is 11. The van der Waals surface area contributed by atoms with Crippen molar-refractivity contribution in [2.75, 3.05) is 18.8 Å². The second kappa shape index (κ2) is 42.5. The maximum absolute atomic E-state index is 14.8. The van der Waals surface area contributed by atoms with Gasteiger partial charge in [0.1, 0.15) is 69.3 Å². The van der Waals surface area contributed by atoms with Crippen LogP contribution in [0.15, 0.2) is 120 Å². The molecule has 2 aliphatic heterocycles. The number of nitrogens with two attached hydrogens (primary N) is 1. The molecule has 1 unspecified atom stereocenters. The average Bonchev–Trinajstić information content (AvgIpc) is 0.737. The summed E-state index contributed by atoms with van der Waals surface area (Å²) in [6.45, 7) is 31.2. The molecule has 7 aromatic heterocycles. The third kappa shape index (κ3) is 24.2. The van der Waals surface area contributed by atoms with Crippen molar-refractivity contribution < 1.29 is 52.6 Å². The Labute approximate surface area is 744 Å². The quantitative estimate of drug-likeness (QED) is 0.0379. The molecule has 0 radical (unpaired) electrons. The maximum Gasteiger partial charge on any atom is 1.00 e. The summed E-state index contributed by atoms with van der Waals surface area (Å²) in [5.74, 6) is 1.04. The first-order valence-corrected chi connectivity index (χ1v) is 41.6. The first-order chi connectivity index (χ1) is 54.7. The zero-order valence-corrected chi connectivity index (χ0v) is 76.5. The summed E-state index contributed by atoms with van der Waals surface area (Å²) >= 11 is 51.3. The number of aliphatic imine (C=N–C) groups is 1. The van der Waals surface area contributed by atoms with Crippen molar-refractivity contribution in [2.24, 2.45) is 28.7 Å². The number of hydrogen-bond acceptors (Lipinski definition) is 15. The largest absolute Gasteiger partial charge is 1.00 e. The molecule has 3 aromatic carbocycles. The molecule has 1 saturated carbocycles. The number of rotatable bonds is 12. The molecule has 31 heteroatoms. The molecule has 1 aliphatic carbocycles. The number of nitrogens with zero attached hydrogens (tertiary/aromatic N) is 14. The van der Waals surface area contributed by atoms with Crippen molar-refractivity contribution in [1.29, 1.82) is 5.41 Å². The summed E-state index contributed by atoms with van der Waals surface area (Å²) in [5, 5.41) is 21.0. The molecule has 3 fully saturated rings. The van der Waals surface area contributed by atoms with E-state index in [9.17, 15) is 27.9 Å². The molecule has 616 valence electrons. The van der Waals surface area contributed by atoms with Crippen LogP contribution in [-0.4, -0.2) is 113 Å². The molecule has 1 amide bonds. The van der Waals surface area contributed by atoms with Gasteiger partial charge < -0.3 is 20.6 Å². The van der Waals surface area contributed by atoms with Crippen LogP contribution in [0.25, 0.3) is 50.5 Å². The van der Waals surface area contributed by atoms with E-state index >= 15 is 0 Å². The Balaban J connectivity index is 0.000000202. The van der Waals surface area contributed by atoms with E-state index in [0.29, 0.717) is 114 Å². The first-order valence-electron chi connectivity index (χ1n) is 38.5. The SMILES string of the molecule is CC(C)(C)[O-].CC(C)c1ncnc(Cl)c1-n1c(=O)nc(C2C[C@@H](C)CC[C@@H]2C)c2cc(Cl)c(-c3ccccc3F)nc21.CC(C)c1ncnc(Cl)c1CC(=O)N=C(c1cc(Cl)c(-c2ccccc2F)nc1Cl)N1C[C@@H](C)CC[C@@H]1C.CC(C)c1ncnc(Cl)c1N.C[C@H]1CC[C@H](C)N(C(=N)c2cc(Cl)c(-c3ccccc3F)nc2Cl)C1.[Na+]. The van der Waals surface area contributed by atoms with E-state index in [2.05, 4.69) is 96.3 Å². The predicted octanol–water partition coefficient (Wildman–Crippen LogP) is 19.4. The number of amidine groups is 2. The smallest absolute Gasteiger partial charge is 0.850 e. The summed E-state index contributed by atoms with van der Waals surface area (Å²) in [7, 11) is 0. The Bertz CT molecular complexity index is 5290. The van der Waals surface area contributed by atoms with Gasteiger partial charge in [0.15, 0.2) is 16.0 Å². The summed E-state index contributed by atoms with van der Waals surface area (Å²) in [6.07, 6.45) is 11.4. The summed E-state index contributed by atoms with van der Waals surface area (Å²) in [6, 6.07) is 24.1. The van der Waals surface area contributed by atoms with Crippen LogP contribution in [-0.2, 0) is 11.2 Å². The number of amides is 1. The van der Waals surface area contributed by atoms with E-state index in [4.69, 9.17) is 109 Å². The van der Waals surface area contributed by atoms with Gasteiger partial charge in [-0.3, -0.25) is 10.2 Å². The number of fused-ring (bicyclic) bond motifs is 1. The van der Waals surface area contributed by atoms with E-state index in [0.717, 1.165) is 57.2 Å². The Morgan fingerprint density at radius 2 is 0.983 bits per heavy atom. The number of anilines is 1. The number of aromatic nitrogens is 11. The minimum Gasteiger partial charge on any atom is -0.850 e. The van der Waals surface area contributed by atoms with E-state index in [-0.39, 0.29) is 130 Å². The van der Waals surface area contributed by atoms with Gasteiger partial charge in [0.05, 0.1) is 78.2 Å². The molecule has 0 spiro atoms. The molecule has 2 saturated heterocycles. The molecule has 9 heterocycles. The van der Waals surface area contributed by atoms with Crippen LogP contribution in [0.2, 0.25) is 40.8 Å². The van der Waals surface area contributed by atoms with Gasteiger partial charge in [-0.25, -0.2) is 67.4 Å². The van der Waals surface area contributed by atoms with E-state index in [1.165, 1.54) is 41.7 Å². The zero-order chi connectivity index (χ0) is 85.1. The van der Waals surface area contributed by atoms with Crippen LogP contribution in [0.4, 0.5) is 18.9 Å². The molecule has 13 rings (SSSR count). The van der Waals surface area contributed by atoms with E-state index in [1.807, 2.05) is 46.4 Å². The fraction of sp³-hybridized carbons (Fsp3) is 0.419.